The normalized spacial score (nSPS) is 23.1. The van der Waals surface area contributed by atoms with Crippen molar-refractivity contribution in [1.29, 1.82) is 0 Å². The van der Waals surface area contributed by atoms with Crippen molar-refractivity contribution in [2.24, 2.45) is 5.73 Å². The maximum absolute atomic E-state index is 11.7. The third kappa shape index (κ3) is 5.11. The lowest BCUT2D eigenvalue weighted by Crippen LogP contribution is -2.56. The molecule has 2 unspecified atom stereocenters. The van der Waals surface area contributed by atoms with E-state index in [4.69, 9.17) is 5.73 Å². The Morgan fingerprint density at radius 2 is 1.79 bits per heavy atom. The number of nitrogens with zero attached hydrogens (tertiary/aromatic N) is 1. The lowest BCUT2D eigenvalue weighted by atomic mass is 9.91. The van der Waals surface area contributed by atoms with Crippen molar-refractivity contribution in [2.45, 2.75) is 70.9 Å². The number of likely N-dealkylation sites (N-methyl/N-ethyl adjacent to an activating group) is 1. The number of likely N-dealkylation sites (tertiary alicyclic amines) is 1. The van der Waals surface area contributed by atoms with Crippen molar-refractivity contribution in [1.82, 2.24) is 10.2 Å². The molecule has 1 aliphatic heterocycles. The van der Waals surface area contributed by atoms with E-state index in [0.29, 0.717) is 6.04 Å². The summed E-state index contributed by atoms with van der Waals surface area (Å²) < 4.78 is 0. The van der Waals surface area contributed by atoms with Gasteiger partial charge in [0.1, 0.15) is 0 Å². The molecule has 112 valence electrons. The van der Waals surface area contributed by atoms with E-state index in [1.54, 1.807) is 0 Å². The minimum atomic E-state index is -0.587. The Morgan fingerprint density at radius 1 is 1.26 bits per heavy atom. The first-order chi connectivity index (χ1) is 8.99. The largest absolute Gasteiger partial charge is 0.368 e. The Kier molecular flexibility index (Phi) is 6.80. The SMILES string of the molecule is CCNC(C)(CC(C)N1CCCCCCC1)C(N)=O. The van der Waals surface area contributed by atoms with Gasteiger partial charge in [0.15, 0.2) is 0 Å². The summed E-state index contributed by atoms with van der Waals surface area (Å²) in [6.45, 7) is 9.25. The van der Waals surface area contributed by atoms with E-state index in [0.717, 1.165) is 26.1 Å². The van der Waals surface area contributed by atoms with Crippen LogP contribution in [0.4, 0.5) is 0 Å². The zero-order valence-corrected chi connectivity index (χ0v) is 12.9. The van der Waals surface area contributed by atoms with Crippen molar-refractivity contribution >= 4 is 5.91 Å². The molecule has 1 fully saturated rings. The maximum atomic E-state index is 11.7. The van der Waals surface area contributed by atoms with Gasteiger partial charge in [-0.1, -0.05) is 26.2 Å². The van der Waals surface area contributed by atoms with Crippen LogP contribution in [-0.4, -0.2) is 42.0 Å². The molecule has 0 aromatic heterocycles. The minimum Gasteiger partial charge on any atom is -0.368 e. The number of nitrogens with two attached hydrogens (primary N) is 1. The van der Waals surface area contributed by atoms with Crippen LogP contribution in [0.25, 0.3) is 0 Å². The summed E-state index contributed by atoms with van der Waals surface area (Å²) in [7, 11) is 0. The van der Waals surface area contributed by atoms with Crippen LogP contribution >= 0.6 is 0 Å². The Hall–Kier alpha value is -0.610. The molecule has 3 N–H and O–H groups in total. The molecular formula is C15H31N3O. The third-order valence-electron chi connectivity index (χ3n) is 4.33. The van der Waals surface area contributed by atoms with Crippen molar-refractivity contribution in [2.75, 3.05) is 19.6 Å². The molecule has 0 bridgehead atoms. The molecular weight excluding hydrogens is 238 g/mol. The predicted octanol–water partition coefficient (Wildman–Crippen LogP) is 1.88. The van der Waals surface area contributed by atoms with Gasteiger partial charge in [0.25, 0.3) is 0 Å². The summed E-state index contributed by atoms with van der Waals surface area (Å²) in [5, 5.41) is 3.26. The summed E-state index contributed by atoms with van der Waals surface area (Å²) in [4.78, 5) is 14.2. The quantitative estimate of drug-likeness (QED) is 0.774. The average molecular weight is 269 g/mol. The fourth-order valence-electron chi connectivity index (χ4n) is 3.08. The van der Waals surface area contributed by atoms with Crippen LogP contribution in [0.3, 0.4) is 0 Å². The van der Waals surface area contributed by atoms with Gasteiger partial charge in [0.05, 0.1) is 5.54 Å². The molecule has 19 heavy (non-hydrogen) atoms. The van der Waals surface area contributed by atoms with Crippen LogP contribution in [0.5, 0.6) is 0 Å². The van der Waals surface area contributed by atoms with E-state index in [1.807, 2.05) is 13.8 Å². The van der Waals surface area contributed by atoms with Gasteiger partial charge in [-0.05, 0) is 52.7 Å². The number of carbonyl (C=O) groups excluding carboxylic acids is 1. The van der Waals surface area contributed by atoms with Crippen LogP contribution in [-0.2, 0) is 4.79 Å². The first kappa shape index (κ1) is 16.4. The molecule has 1 rings (SSSR count). The fourth-order valence-corrected chi connectivity index (χ4v) is 3.08. The average Bonchev–Trinajstić information content (AvgIpc) is 2.27. The zero-order valence-electron chi connectivity index (χ0n) is 12.9. The molecule has 2 atom stereocenters. The lowest BCUT2D eigenvalue weighted by molar-refractivity contribution is -0.124. The molecule has 0 saturated carbocycles. The van der Waals surface area contributed by atoms with Crippen LogP contribution in [0.15, 0.2) is 0 Å². The van der Waals surface area contributed by atoms with Gasteiger partial charge in [0, 0.05) is 6.04 Å². The van der Waals surface area contributed by atoms with Gasteiger partial charge in [-0.25, -0.2) is 0 Å². The second-order valence-electron chi connectivity index (χ2n) is 6.08. The first-order valence-electron chi connectivity index (χ1n) is 7.78. The van der Waals surface area contributed by atoms with Gasteiger partial charge in [-0.15, -0.1) is 0 Å². The number of rotatable bonds is 6. The van der Waals surface area contributed by atoms with Gasteiger partial charge < -0.3 is 16.0 Å². The molecule has 0 spiro atoms. The van der Waals surface area contributed by atoms with Crippen LogP contribution in [0.2, 0.25) is 0 Å². The molecule has 1 saturated heterocycles. The number of hydrogen-bond acceptors (Lipinski definition) is 3. The standard InChI is InChI=1S/C15H31N3O/c1-4-17-15(3,14(16)19)12-13(2)18-10-8-6-5-7-9-11-18/h13,17H,4-12H2,1-3H3,(H2,16,19). The summed E-state index contributed by atoms with van der Waals surface area (Å²) in [5.74, 6) is -0.242. The summed E-state index contributed by atoms with van der Waals surface area (Å²) in [5.41, 5.74) is 4.98. The van der Waals surface area contributed by atoms with Crippen LogP contribution in [0, 0.1) is 0 Å². The van der Waals surface area contributed by atoms with E-state index in [9.17, 15) is 4.79 Å². The molecule has 1 heterocycles. The van der Waals surface area contributed by atoms with Crippen molar-refractivity contribution < 1.29 is 4.79 Å². The van der Waals surface area contributed by atoms with E-state index >= 15 is 0 Å². The summed E-state index contributed by atoms with van der Waals surface area (Å²) in [6, 6.07) is 0.398. The minimum absolute atomic E-state index is 0.242. The fraction of sp³-hybridized carbons (Fsp3) is 0.933. The Balaban J connectivity index is 2.58. The van der Waals surface area contributed by atoms with Crippen molar-refractivity contribution in [3.63, 3.8) is 0 Å². The first-order valence-corrected chi connectivity index (χ1v) is 7.78. The van der Waals surface area contributed by atoms with E-state index in [-0.39, 0.29) is 5.91 Å². The lowest BCUT2D eigenvalue weighted by Gasteiger charge is -2.36. The number of amides is 1. The molecule has 4 nitrogen and oxygen atoms in total. The highest BCUT2D eigenvalue weighted by atomic mass is 16.1. The molecule has 1 aliphatic rings. The van der Waals surface area contributed by atoms with Gasteiger partial charge >= 0.3 is 0 Å². The maximum Gasteiger partial charge on any atom is 0.237 e. The number of primary amides is 1. The van der Waals surface area contributed by atoms with Crippen LogP contribution < -0.4 is 11.1 Å². The Bertz CT molecular complexity index is 275. The summed E-state index contributed by atoms with van der Waals surface area (Å²) in [6.07, 6.45) is 7.39. The number of carbonyl (C=O) groups is 1. The number of nitrogens with one attached hydrogen (secondary N) is 1. The highest BCUT2D eigenvalue weighted by Gasteiger charge is 2.33. The molecule has 1 amide bonds. The zero-order chi connectivity index (χ0) is 14.3. The van der Waals surface area contributed by atoms with Crippen molar-refractivity contribution in [3.8, 4) is 0 Å². The molecule has 0 radical (unpaired) electrons. The monoisotopic (exact) mass is 269 g/mol. The third-order valence-corrected chi connectivity index (χ3v) is 4.33. The van der Waals surface area contributed by atoms with E-state index in [2.05, 4.69) is 17.1 Å². The van der Waals surface area contributed by atoms with E-state index in [1.165, 1.54) is 32.1 Å². The number of hydrogen-bond donors (Lipinski definition) is 2. The van der Waals surface area contributed by atoms with Gasteiger partial charge in [-0.2, -0.15) is 0 Å². The van der Waals surface area contributed by atoms with Crippen LogP contribution in [0.1, 0.15) is 59.3 Å². The van der Waals surface area contributed by atoms with Gasteiger partial charge in [-0.3, -0.25) is 4.79 Å². The van der Waals surface area contributed by atoms with Crippen molar-refractivity contribution in [3.05, 3.63) is 0 Å². The highest BCUT2D eigenvalue weighted by Crippen LogP contribution is 2.19. The topological polar surface area (TPSA) is 58.4 Å². The Labute approximate surface area is 118 Å². The Morgan fingerprint density at radius 3 is 2.26 bits per heavy atom. The molecule has 0 aromatic rings. The second-order valence-corrected chi connectivity index (χ2v) is 6.08. The van der Waals surface area contributed by atoms with Gasteiger partial charge in [0.2, 0.25) is 5.91 Å². The summed E-state index contributed by atoms with van der Waals surface area (Å²) >= 11 is 0. The predicted molar refractivity (Wildman–Crippen MR) is 80.0 cm³/mol. The smallest absolute Gasteiger partial charge is 0.237 e. The highest BCUT2D eigenvalue weighted by molar-refractivity contribution is 5.84. The molecule has 4 heteroatoms. The molecule has 0 aliphatic carbocycles. The van der Waals surface area contributed by atoms with E-state index < -0.39 is 5.54 Å². The molecule has 0 aromatic carbocycles. The second kappa shape index (κ2) is 7.85.